The maximum Gasteiger partial charge on any atom is 0.459 e. The van der Waals surface area contributed by atoms with Crippen LogP contribution in [-0.4, -0.2) is 29.2 Å². The second-order valence-electron chi connectivity index (χ2n) is 4.54. The first-order valence-corrected chi connectivity index (χ1v) is 5.75. The van der Waals surface area contributed by atoms with Crippen molar-refractivity contribution in [2.45, 2.75) is 31.0 Å². The Morgan fingerprint density at radius 3 is 1.86 bits per heavy atom. The van der Waals surface area contributed by atoms with Gasteiger partial charge in [-0.25, -0.2) is 4.39 Å². The molecule has 0 bridgehead atoms. The van der Waals surface area contributed by atoms with Gasteiger partial charge >= 0.3 is 18.0 Å². The predicted molar refractivity (Wildman–Crippen MR) is 62.0 cm³/mol. The lowest BCUT2D eigenvalue weighted by Crippen LogP contribution is -2.58. The molecule has 0 aliphatic heterocycles. The number of halogens is 8. The molecule has 1 N–H and O–H groups in total. The molecule has 0 amide bonds. The SMILES string of the molecule is C/C(=C\c1ccc(F)cc1)C(O)C(F)(F)C(F)(F)C(F)(F)F. The monoisotopic (exact) mass is 334 g/mol. The molecule has 0 spiro atoms. The Morgan fingerprint density at radius 2 is 1.45 bits per heavy atom. The first-order chi connectivity index (χ1) is 9.80. The Bertz CT molecular complexity index is 544. The van der Waals surface area contributed by atoms with Crippen LogP contribution in [0.15, 0.2) is 29.8 Å². The fourth-order valence-corrected chi connectivity index (χ4v) is 1.55. The summed E-state index contributed by atoms with van der Waals surface area (Å²) in [6, 6.07) is 4.00. The molecule has 0 radical (unpaired) electrons. The number of aliphatic hydroxyl groups is 1. The fraction of sp³-hybridized carbons (Fsp3) is 0.385. The minimum absolute atomic E-state index is 0.0454. The smallest absolute Gasteiger partial charge is 0.382 e. The minimum Gasteiger partial charge on any atom is -0.382 e. The Kier molecular flexibility index (Phi) is 4.91. The minimum atomic E-state index is -6.52. The predicted octanol–water partition coefficient (Wildman–Crippen LogP) is 4.42. The van der Waals surface area contributed by atoms with E-state index < -0.39 is 35.5 Å². The lowest BCUT2D eigenvalue weighted by Gasteiger charge is -2.31. The molecule has 22 heavy (non-hydrogen) atoms. The molecule has 1 aromatic carbocycles. The van der Waals surface area contributed by atoms with Crippen molar-refractivity contribution < 1.29 is 40.2 Å². The van der Waals surface area contributed by atoms with E-state index in [1.54, 1.807) is 0 Å². The van der Waals surface area contributed by atoms with Crippen LogP contribution in [0.3, 0.4) is 0 Å². The van der Waals surface area contributed by atoms with E-state index in [9.17, 15) is 40.2 Å². The van der Waals surface area contributed by atoms with Crippen molar-refractivity contribution in [3.05, 3.63) is 41.2 Å². The molecule has 124 valence electrons. The molecule has 0 saturated heterocycles. The lowest BCUT2D eigenvalue weighted by atomic mass is 9.97. The van der Waals surface area contributed by atoms with E-state index >= 15 is 0 Å². The second-order valence-corrected chi connectivity index (χ2v) is 4.54. The van der Waals surface area contributed by atoms with Crippen LogP contribution in [0.4, 0.5) is 35.1 Å². The van der Waals surface area contributed by atoms with Crippen molar-refractivity contribution in [3.8, 4) is 0 Å². The molecule has 9 heteroatoms. The van der Waals surface area contributed by atoms with Gasteiger partial charge in [0.15, 0.2) is 0 Å². The Hall–Kier alpha value is -1.64. The maximum absolute atomic E-state index is 13.3. The van der Waals surface area contributed by atoms with E-state index in [1.807, 2.05) is 0 Å². The summed E-state index contributed by atoms with van der Waals surface area (Å²) in [5.74, 6) is -12.8. The number of alkyl halides is 7. The number of aliphatic hydroxyl groups excluding tert-OH is 1. The van der Waals surface area contributed by atoms with Crippen molar-refractivity contribution in [2.75, 3.05) is 0 Å². The summed E-state index contributed by atoms with van der Waals surface area (Å²) < 4.78 is 101. The third-order valence-corrected chi connectivity index (χ3v) is 2.81. The summed E-state index contributed by atoms with van der Waals surface area (Å²) >= 11 is 0. The molecule has 1 unspecified atom stereocenters. The molecule has 0 aromatic heterocycles. The zero-order chi connectivity index (χ0) is 17.3. The van der Waals surface area contributed by atoms with Gasteiger partial charge in [-0.15, -0.1) is 0 Å². The van der Waals surface area contributed by atoms with Crippen molar-refractivity contribution in [2.24, 2.45) is 0 Å². The highest BCUT2D eigenvalue weighted by molar-refractivity contribution is 5.53. The highest BCUT2D eigenvalue weighted by Gasteiger charge is 2.75. The lowest BCUT2D eigenvalue weighted by molar-refractivity contribution is -0.367. The molecule has 1 rings (SSSR count). The van der Waals surface area contributed by atoms with E-state index in [4.69, 9.17) is 0 Å². The molecule has 0 fully saturated rings. The van der Waals surface area contributed by atoms with E-state index in [-0.39, 0.29) is 5.56 Å². The summed E-state index contributed by atoms with van der Waals surface area (Å²) in [6.07, 6.45) is -9.13. The highest BCUT2D eigenvalue weighted by Crippen LogP contribution is 2.49. The summed E-state index contributed by atoms with van der Waals surface area (Å²) in [7, 11) is 0. The molecule has 1 nitrogen and oxygen atoms in total. The third kappa shape index (κ3) is 3.40. The van der Waals surface area contributed by atoms with Crippen LogP contribution in [-0.2, 0) is 0 Å². The zero-order valence-electron chi connectivity index (χ0n) is 10.9. The van der Waals surface area contributed by atoms with Crippen molar-refractivity contribution >= 4 is 6.08 Å². The average Bonchev–Trinajstić information content (AvgIpc) is 2.38. The van der Waals surface area contributed by atoms with Crippen LogP contribution in [0, 0.1) is 5.82 Å². The molecular formula is C13H10F8O. The number of benzene rings is 1. The van der Waals surface area contributed by atoms with Gasteiger partial charge in [0.05, 0.1) is 0 Å². The van der Waals surface area contributed by atoms with Crippen LogP contribution in [0.2, 0.25) is 0 Å². The van der Waals surface area contributed by atoms with Gasteiger partial charge in [0.2, 0.25) is 0 Å². The summed E-state index contributed by atoms with van der Waals surface area (Å²) in [5, 5.41) is 9.19. The van der Waals surface area contributed by atoms with Crippen molar-refractivity contribution in [1.82, 2.24) is 0 Å². The van der Waals surface area contributed by atoms with Crippen molar-refractivity contribution in [3.63, 3.8) is 0 Å². The average molecular weight is 334 g/mol. The first-order valence-electron chi connectivity index (χ1n) is 5.75. The van der Waals surface area contributed by atoms with Crippen LogP contribution in [0.25, 0.3) is 6.08 Å². The van der Waals surface area contributed by atoms with E-state index in [0.717, 1.165) is 37.3 Å². The molecule has 0 aliphatic rings. The van der Waals surface area contributed by atoms with Crippen LogP contribution >= 0.6 is 0 Å². The summed E-state index contributed by atoms with van der Waals surface area (Å²) in [6.45, 7) is 0.758. The first kappa shape index (κ1) is 18.4. The molecular weight excluding hydrogens is 324 g/mol. The van der Waals surface area contributed by atoms with Gasteiger partial charge in [-0.05, 0) is 30.2 Å². The van der Waals surface area contributed by atoms with Gasteiger partial charge in [-0.1, -0.05) is 18.2 Å². The van der Waals surface area contributed by atoms with Crippen LogP contribution in [0.1, 0.15) is 12.5 Å². The third-order valence-electron chi connectivity index (χ3n) is 2.81. The molecule has 0 aliphatic carbocycles. The number of rotatable bonds is 4. The Morgan fingerprint density at radius 1 is 1.00 bits per heavy atom. The largest absolute Gasteiger partial charge is 0.459 e. The topological polar surface area (TPSA) is 20.2 Å². The standard InChI is InChI=1S/C13H10F8O/c1-7(6-8-2-4-9(14)5-3-8)10(22)11(15,16)12(17,18)13(19,20)21/h2-6,10,22H,1H3/b7-6+. The van der Waals surface area contributed by atoms with E-state index in [2.05, 4.69) is 0 Å². The van der Waals surface area contributed by atoms with Crippen LogP contribution in [0.5, 0.6) is 0 Å². The number of hydrogen-bond donors (Lipinski definition) is 1. The van der Waals surface area contributed by atoms with Crippen molar-refractivity contribution in [1.29, 1.82) is 0 Å². The molecule has 1 atom stereocenters. The molecule has 0 heterocycles. The zero-order valence-corrected chi connectivity index (χ0v) is 10.9. The Labute approximate surface area is 119 Å². The van der Waals surface area contributed by atoms with Gasteiger partial charge in [-0.3, -0.25) is 0 Å². The Balaban J connectivity index is 3.12. The maximum atomic E-state index is 13.3. The van der Waals surface area contributed by atoms with Gasteiger partial charge in [-0.2, -0.15) is 30.7 Å². The normalized spacial score (nSPS) is 15.8. The van der Waals surface area contributed by atoms with E-state index in [0.29, 0.717) is 0 Å². The summed E-state index contributed by atoms with van der Waals surface area (Å²) in [4.78, 5) is 0. The fourth-order valence-electron chi connectivity index (χ4n) is 1.55. The highest BCUT2D eigenvalue weighted by atomic mass is 19.4. The number of hydrogen-bond acceptors (Lipinski definition) is 1. The van der Waals surface area contributed by atoms with E-state index in [1.165, 1.54) is 0 Å². The summed E-state index contributed by atoms with van der Waals surface area (Å²) in [5.41, 5.74) is -0.787. The van der Waals surface area contributed by atoms with Crippen LogP contribution < -0.4 is 0 Å². The quantitative estimate of drug-likeness (QED) is 0.808. The van der Waals surface area contributed by atoms with Gasteiger partial charge in [0.25, 0.3) is 0 Å². The molecule has 1 aromatic rings. The van der Waals surface area contributed by atoms with Gasteiger partial charge < -0.3 is 5.11 Å². The van der Waals surface area contributed by atoms with Gasteiger partial charge in [0, 0.05) is 0 Å². The van der Waals surface area contributed by atoms with Gasteiger partial charge in [0.1, 0.15) is 11.9 Å². The molecule has 0 saturated carbocycles. The second kappa shape index (κ2) is 5.86.